The maximum atomic E-state index is 12.7. The first-order chi connectivity index (χ1) is 13.4. The smallest absolute Gasteiger partial charge is 0.257 e. The normalized spacial score (nSPS) is 11.9. The third-order valence-electron chi connectivity index (χ3n) is 4.38. The van der Waals surface area contributed by atoms with Gasteiger partial charge < -0.3 is 4.52 Å². The van der Waals surface area contributed by atoms with E-state index in [1.54, 1.807) is 43.4 Å². The van der Waals surface area contributed by atoms with Crippen LogP contribution in [0.5, 0.6) is 0 Å². The molecule has 0 atom stereocenters. The first-order valence-electron chi connectivity index (χ1n) is 9.04. The van der Waals surface area contributed by atoms with Gasteiger partial charge in [0, 0.05) is 30.6 Å². The Morgan fingerprint density at radius 2 is 1.71 bits per heavy atom. The molecule has 0 bridgehead atoms. The topological polar surface area (TPSA) is 76.3 Å². The van der Waals surface area contributed by atoms with Crippen molar-refractivity contribution in [1.29, 1.82) is 0 Å². The highest BCUT2D eigenvalue weighted by Gasteiger charge is 2.21. The van der Waals surface area contributed by atoms with Crippen molar-refractivity contribution in [2.24, 2.45) is 0 Å². The summed E-state index contributed by atoms with van der Waals surface area (Å²) in [6.07, 6.45) is 2.30. The molecule has 148 valence electrons. The van der Waals surface area contributed by atoms with E-state index in [1.807, 2.05) is 12.1 Å². The molecule has 0 aliphatic rings. The van der Waals surface area contributed by atoms with Crippen LogP contribution in [0.15, 0.2) is 57.9 Å². The molecule has 1 aromatic heterocycles. The summed E-state index contributed by atoms with van der Waals surface area (Å²) in [5.74, 6) is 0.828. The molecule has 0 spiro atoms. The minimum Gasteiger partial charge on any atom is -0.334 e. The van der Waals surface area contributed by atoms with Crippen LogP contribution in [0.1, 0.15) is 24.7 Å². The molecular formula is C20H22ClN3O3S. The van der Waals surface area contributed by atoms with E-state index in [0.29, 0.717) is 23.2 Å². The van der Waals surface area contributed by atoms with E-state index < -0.39 is 10.0 Å². The molecule has 0 aliphatic carbocycles. The second-order valence-corrected chi connectivity index (χ2v) is 8.97. The lowest BCUT2D eigenvalue weighted by atomic mass is 10.1. The van der Waals surface area contributed by atoms with Crippen molar-refractivity contribution in [2.45, 2.75) is 31.1 Å². The van der Waals surface area contributed by atoms with Crippen molar-refractivity contribution in [3.8, 4) is 11.5 Å². The molecule has 0 saturated heterocycles. The standard InChI is InChI=1S/C20H22ClN3O3S/c1-3-4-15-5-11-18(12-6-15)28(25,26)24(2)14-13-19-22-20(27-23-19)16-7-9-17(21)10-8-16/h5-12H,3-4,13-14H2,1-2H3. The number of halogens is 1. The van der Waals surface area contributed by atoms with E-state index in [-0.39, 0.29) is 11.4 Å². The lowest BCUT2D eigenvalue weighted by Crippen LogP contribution is -2.29. The molecule has 3 aromatic rings. The third-order valence-corrected chi connectivity index (χ3v) is 6.50. The summed E-state index contributed by atoms with van der Waals surface area (Å²) in [5.41, 5.74) is 1.89. The highest BCUT2D eigenvalue weighted by molar-refractivity contribution is 7.89. The largest absolute Gasteiger partial charge is 0.334 e. The van der Waals surface area contributed by atoms with Gasteiger partial charge in [-0.3, -0.25) is 0 Å². The zero-order chi connectivity index (χ0) is 20.1. The van der Waals surface area contributed by atoms with Crippen LogP contribution in [0, 0.1) is 0 Å². The minimum absolute atomic E-state index is 0.249. The molecule has 6 nitrogen and oxygen atoms in total. The summed E-state index contributed by atoms with van der Waals surface area (Å²) in [5, 5.41) is 4.56. The highest BCUT2D eigenvalue weighted by atomic mass is 35.5. The second kappa shape index (κ2) is 8.86. The van der Waals surface area contributed by atoms with Crippen LogP contribution in [-0.4, -0.2) is 36.5 Å². The zero-order valence-electron chi connectivity index (χ0n) is 15.8. The maximum absolute atomic E-state index is 12.7. The van der Waals surface area contributed by atoms with Crippen molar-refractivity contribution >= 4 is 21.6 Å². The van der Waals surface area contributed by atoms with Gasteiger partial charge in [0.2, 0.25) is 10.0 Å². The van der Waals surface area contributed by atoms with Crippen LogP contribution in [0.25, 0.3) is 11.5 Å². The number of hydrogen-bond acceptors (Lipinski definition) is 5. The summed E-state index contributed by atoms with van der Waals surface area (Å²) < 4.78 is 32.0. The molecular weight excluding hydrogens is 398 g/mol. The van der Waals surface area contributed by atoms with Gasteiger partial charge in [-0.15, -0.1) is 0 Å². The molecule has 8 heteroatoms. The number of sulfonamides is 1. The summed E-state index contributed by atoms with van der Waals surface area (Å²) >= 11 is 5.88. The Labute approximate surface area is 170 Å². The summed E-state index contributed by atoms with van der Waals surface area (Å²) in [4.78, 5) is 4.61. The van der Waals surface area contributed by atoms with E-state index in [1.165, 1.54) is 4.31 Å². The highest BCUT2D eigenvalue weighted by Crippen LogP contribution is 2.20. The first-order valence-corrected chi connectivity index (χ1v) is 10.9. The lowest BCUT2D eigenvalue weighted by molar-refractivity contribution is 0.415. The van der Waals surface area contributed by atoms with Crippen LogP contribution in [0.3, 0.4) is 0 Å². The van der Waals surface area contributed by atoms with E-state index in [0.717, 1.165) is 24.0 Å². The SMILES string of the molecule is CCCc1ccc(S(=O)(=O)N(C)CCc2noc(-c3ccc(Cl)cc3)n2)cc1. The monoisotopic (exact) mass is 419 g/mol. The first kappa shape index (κ1) is 20.5. The second-order valence-electron chi connectivity index (χ2n) is 6.49. The lowest BCUT2D eigenvalue weighted by Gasteiger charge is -2.16. The number of aryl methyl sites for hydroxylation is 1. The zero-order valence-corrected chi connectivity index (χ0v) is 17.4. The van der Waals surface area contributed by atoms with Crippen LogP contribution >= 0.6 is 11.6 Å². The fourth-order valence-corrected chi connectivity index (χ4v) is 4.04. The van der Waals surface area contributed by atoms with Gasteiger partial charge in [-0.05, 0) is 48.4 Å². The Morgan fingerprint density at radius 1 is 1.04 bits per heavy atom. The van der Waals surface area contributed by atoms with E-state index in [2.05, 4.69) is 17.1 Å². The van der Waals surface area contributed by atoms with E-state index in [9.17, 15) is 8.42 Å². The fourth-order valence-electron chi connectivity index (χ4n) is 2.74. The number of likely N-dealkylation sites (N-methyl/N-ethyl adjacent to an activating group) is 1. The number of rotatable bonds is 8. The summed E-state index contributed by atoms with van der Waals surface area (Å²) in [6, 6.07) is 14.1. The van der Waals surface area contributed by atoms with E-state index in [4.69, 9.17) is 16.1 Å². The van der Waals surface area contributed by atoms with Gasteiger partial charge in [-0.2, -0.15) is 4.98 Å². The predicted octanol–water partition coefficient (Wildman–Crippen LogP) is 4.21. The molecule has 28 heavy (non-hydrogen) atoms. The maximum Gasteiger partial charge on any atom is 0.257 e. The van der Waals surface area contributed by atoms with Gasteiger partial charge in [-0.1, -0.05) is 42.2 Å². The molecule has 0 N–H and O–H groups in total. The molecule has 0 saturated carbocycles. The quantitative estimate of drug-likeness (QED) is 0.546. The number of hydrogen-bond donors (Lipinski definition) is 0. The third kappa shape index (κ3) is 4.79. The summed E-state index contributed by atoms with van der Waals surface area (Å²) in [7, 11) is -2.01. The molecule has 2 aromatic carbocycles. The number of aromatic nitrogens is 2. The van der Waals surface area contributed by atoms with Gasteiger partial charge in [-0.25, -0.2) is 12.7 Å². The Morgan fingerprint density at radius 3 is 2.36 bits per heavy atom. The summed E-state index contributed by atoms with van der Waals surface area (Å²) in [6.45, 7) is 2.34. The molecule has 0 radical (unpaired) electrons. The molecule has 3 rings (SSSR count). The van der Waals surface area contributed by atoms with Gasteiger partial charge in [0.1, 0.15) is 0 Å². The Bertz CT molecular complexity index is 1020. The predicted molar refractivity (Wildman–Crippen MR) is 109 cm³/mol. The number of nitrogens with zero attached hydrogens (tertiary/aromatic N) is 3. The van der Waals surface area contributed by atoms with Crippen molar-refractivity contribution in [3.63, 3.8) is 0 Å². The average molecular weight is 420 g/mol. The Hall–Kier alpha value is -2.22. The van der Waals surface area contributed by atoms with Crippen molar-refractivity contribution < 1.29 is 12.9 Å². The molecule has 1 heterocycles. The molecule has 0 amide bonds. The van der Waals surface area contributed by atoms with Crippen LogP contribution in [0.4, 0.5) is 0 Å². The van der Waals surface area contributed by atoms with Crippen molar-refractivity contribution in [2.75, 3.05) is 13.6 Å². The molecule has 0 unspecified atom stereocenters. The Kier molecular flexibility index (Phi) is 6.49. The van der Waals surface area contributed by atoms with Gasteiger partial charge in [0.05, 0.1) is 4.90 Å². The van der Waals surface area contributed by atoms with Gasteiger partial charge in [0.25, 0.3) is 5.89 Å². The van der Waals surface area contributed by atoms with Gasteiger partial charge in [0.15, 0.2) is 5.82 Å². The average Bonchev–Trinajstić information content (AvgIpc) is 3.16. The number of benzene rings is 2. The fraction of sp³-hybridized carbons (Fsp3) is 0.300. The van der Waals surface area contributed by atoms with Crippen molar-refractivity contribution in [3.05, 3.63) is 64.9 Å². The Balaban J connectivity index is 1.64. The van der Waals surface area contributed by atoms with Crippen LogP contribution in [0.2, 0.25) is 5.02 Å². The van der Waals surface area contributed by atoms with Crippen LogP contribution in [-0.2, 0) is 22.9 Å². The minimum atomic E-state index is -3.56. The van der Waals surface area contributed by atoms with Crippen LogP contribution < -0.4 is 0 Å². The van der Waals surface area contributed by atoms with Gasteiger partial charge >= 0.3 is 0 Å². The molecule has 0 aliphatic heterocycles. The van der Waals surface area contributed by atoms with Crippen molar-refractivity contribution in [1.82, 2.24) is 14.4 Å². The molecule has 0 fully saturated rings. The van der Waals surface area contributed by atoms with E-state index >= 15 is 0 Å².